The summed E-state index contributed by atoms with van der Waals surface area (Å²) in [5.41, 5.74) is 2.22. The van der Waals surface area contributed by atoms with Crippen molar-refractivity contribution in [2.24, 2.45) is 0 Å². The van der Waals surface area contributed by atoms with Gasteiger partial charge in [-0.05, 0) is 34.8 Å². The highest BCUT2D eigenvalue weighted by molar-refractivity contribution is 9.10. The van der Waals surface area contributed by atoms with E-state index in [1.165, 1.54) is 12.1 Å². The molecule has 4 heterocycles. The summed E-state index contributed by atoms with van der Waals surface area (Å²) in [4.78, 5) is 18.5. The van der Waals surface area contributed by atoms with Gasteiger partial charge in [-0.2, -0.15) is 0 Å². The van der Waals surface area contributed by atoms with E-state index in [-0.39, 0.29) is 10.0 Å². The Labute approximate surface area is 128 Å². The highest BCUT2D eigenvalue weighted by atomic mass is 79.9. The molecular formula is C15H12BrFN2O2. The molecule has 2 bridgehead atoms. The van der Waals surface area contributed by atoms with E-state index >= 15 is 0 Å². The lowest BCUT2D eigenvalue weighted by molar-refractivity contribution is 0.0699. The average Bonchev–Trinajstić information content (AvgIpc) is 2.47. The Morgan fingerprint density at radius 3 is 2.76 bits per heavy atom. The Morgan fingerprint density at radius 1 is 1.38 bits per heavy atom. The molecule has 0 spiro atoms. The summed E-state index contributed by atoms with van der Waals surface area (Å²) < 4.78 is 14.0. The third kappa shape index (κ3) is 1.78. The van der Waals surface area contributed by atoms with Gasteiger partial charge in [0, 0.05) is 30.5 Å². The molecule has 0 aliphatic carbocycles. The molecule has 1 fully saturated rings. The van der Waals surface area contributed by atoms with Crippen molar-refractivity contribution in [2.45, 2.75) is 18.8 Å². The van der Waals surface area contributed by atoms with E-state index in [2.05, 4.69) is 25.8 Å². The van der Waals surface area contributed by atoms with E-state index in [9.17, 15) is 14.3 Å². The van der Waals surface area contributed by atoms with E-state index in [1.807, 2.05) is 0 Å². The lowest BCUT2D eigenvalue weighted by Crippen LogP contribution is -2.40. The van der Waals surface area contributed by atoms with E-state index in [1.54, 1.807) is 0 Å². The van der Waals surface area contributed by atoms with Crippen molar-refractivity contribution < 1.29 is 14.3 Å². The molecule has 4 nitrogen and oxygen atoms in total. The first-order chi connectivity index (χ1) is 10.1. The molecule has 0 unspecified atom stereocenters. The van der Waals surface area contributed by atoms with Gasteiger partial charge >= 0.3 is 5.97 Å². The lowest BCUT2D eigenvalue weighted by atomic mass is 9.84. The lowest BCUT2D eigenvalue weighted by Gasteiger charge is -2.42. The second-order valence-electron chi connectivity index (χ2n) is 5.57. The normalized spacial score (nSPS) is 17.3. The number of piperidine rings is 1. The number of carboxylic acid groups (broad SMARTS) is 1. The molecule has 0 saturated carbocycles. The number of pyridine rings is 1. The van der Waals surface area contributed by atoms with Crippen molar-refractivity contribution in [3.05, 3.63) is 33.7 Å². The Morgan fingerprint density at radius 2 is 2.10 bits per heavy atom. The number of nitrogens with zero attached hydrogens (tertiary/aromatic N) is 2. The number of hydrogen-bond donors (Lipinski definition) is 1. The molecule has 5 rings (SSSR count). The smallest absolute Gasteiger partial charge is 0.338 e. The molecule has 0 atom stereocenters. The van der Waals surface area contributed by atoms with Crippen LogP contribution in [0.25, 0.3) is 10.9 Å². The molecule has 0 radical (unpaired) electrons. The Hall–Kier alpha value is -1.69. The summed E-state index contributed by atoms with van der Waals surface area (Å²) in [5.74, 6) is -1.11. The zero-order chi connectivity index (χ0) is 14.7. The van der Waals surface area contributed by atoms with Crippen molar-refractivity contribution in [2.75, 3.05) is 18.0 Å². The van der Waals surface area contributed by atoms with Crippen LogP contribution < -0.4 is 4.90 Å². The minimum absolute atomic E-state index is 0.250. The quantitative estimate of drug-likeness (QED) is 0.854. The van der Waals surface area contributed by atoms with Crippen LogP contribution in [0, 0.1) is 5.82 Å². The van der Waals surface area contributed by atoms with Gasteiger partial charge in [-0.25, -0.2) is 9.18 Å². The van der Waals surface area contributed by atoms with Crippen molar-refractivity contribution in [3.63, 3.8) is 0 Å². The monoisotopic (exact) mass is 350 g/mol. The highest BCUT2D eigenvalue weighted by Gasteiger charge is 2.36. The van der Waals surface area contributed by atoms with E-state index in [0.29, 0.717) is 16.8 Å². The Balaban J connectivity index is 2.14. The second kappa shape index (κ2) is 4.40. The SMILES string of the molecule is O=C(O)c1c2c(nc3cc(F)c(Br)cc13)C1CCN2CC1. The summed E-state index contributed by atoms with van der Waals surface area (Å²) in [6.07, 6.45) is 1.98. The molecule has 108 valence electrons. The van der Waals surface area contributed by atoms with Crippen LogP contribution in [0.2, 0.25) is 0 Å². The predicted octanol–water partition coefficient (Wildman–Crippen LogP) is 3.53. The molecule has 1 N–H and O–H groups in total. The number of carboxylic acids is 1. The first-order valence-electron chi connectivity index (χ1n) is 6.87. The molecule has 21 heavy (non-hydrogen) atoms. The van der Waals surface area contributed by atoms with E-state index in [0.717, 1.165) is 37.3 Å². The van der Waals surface area contributed by atoms with E-state index in [4.69, 9.17) is 0 Å². The number of carbonyl (C=O) groups is 1. The number of aromatic carboxylic acids is 1. The molecule has 6 heteroatoms. The fraction of sp³-hybridized carbons (Fsp3) is 0.333. The largest absolute Gasteiger partial charge is 0.478 e. The fourth-order valence-corrected chi connectivity index (χ4v) is 3.81. The van der Waals surface area contributed by atoms with Crippen LogP contribution in [0.1, 0.15) is 34.8 Å². The fourth-order valence-electron chi connectivity index (χ4n) is 3.47. The topological polar surface area (TPSA) is 53.4 Å². The molecular weight excluding hydrogens is 339 g/mol. The van der Waals surface area contributed by atoms with Crippen molar-refractivity contribution in [1.29, 1.82) is 0 Å². The number of halogens is 2. The average molecular weight is 351 g/mol. The number of benzene rings is 1. The van der Waals surface area contributed by atoms with Crippen LogP contribution in [0.5, 0.6) is 0 Å². The van der Waals surface area contributed by atoms with Gasteiger partial charge in [0.25, 0.3) is 0 Å². The Bertz CT molecular complexity index is 785. The maximum absolute atomic E-state index is 13.8. The first-order valence-corrected chi connectivity index (χ1v) is 7.66. The third-order valence-corrected chi connectivity index (χ3v) is 5.05. The zero-order valence-corrected chi connectivity index (χ0v) is 12.7. The standard InChI is InChI=1S/C15H12BrFN2O2/c16-9-5-8-11(6-10(9)17)18-13-7-1-3-19(4-2-7)14(13)12(8)15(20)21/h5-7H,1-4H2,(H,20,21). The molecule has 3 aliphatic heterocycles. The Kier molecular flexibility index (Phi) is 2.73. The predicted molar refractivity (Wildman–Crippen MR) is 80.5 cm³/mol. The van der Waals surface area contributed by atoms with Gasteiger partial charge in [0.2, 0.25) is 0 Å². The summed E-state index contributed by atoms with van der Waals surface area (Å²) >= 11 is 3.13. The van der Waals surface area contributed by atoms with Crippen LogP contribution in [-0.4, -0.2) is 29.1 Å². The highest BCUT2D eigenvalue weighted by Crippen LogP contribution is 2.45. The van der Waals surface area contributed by atoms with Crippen LogP contribution >= 0.6 is 15.9 Å². The van der Waals surface area contributed by atoms with Gasteiger partial charge in [0.15, 0.2) is 0 Å². The number of aromatic nitrogens is 1. The first kappa shape index (κ1) is 13.0. The van der Waals surface area contributed by atoms with Crippen LogP contribution in [0.4, 0.5) is 10.1 Å². The zero-order valence-electron chi connectivity index (χ0n) is 11.1. The van der Waals surface area contributed by atoms with Crippen LogP contribution in [0.15, 0.2) is 16.6 Å². The number of rotatable bonds is 1. The maximum atomic E-state index is 13.8. The van der Waals surface area contributed by atoms with Crippen LogP contribution in [-0.2, 0) is 0 Å². The summed E-state index contributed by atoms with van der Waals surface area (Å²) in [6, 6.07) is 2.83. The number of anilines is 1. The van der Waals surface area contributed by atoms with E-state index < -0.39 is 11.8 Å². The summed E-state index contributed by atoms with van der Waals surface area (Å²) in [7, 11) is 0. The summed E-state index contributed by atoms with van der Waals surface area (Å²) in [5, 5.41) is 10.2. The molecule has 2 aromatic rings. The molecule has 1 aromatic carbocycles. The minimum atomic E-state index is -0.982. The minimum Gasteiger partial charge on any atom is -0.478 e. The molecule has 1 saturated heterocycles. The van der Waals surface area contributed by atoms with Crippen molar-refractivity contribution in [1.82, 2.24) is 4.98 Å². The molecule has 1 aromatic heterocycles. The van der Waals surface area contributed by atoms with Crippen molar-refractivity contribution >= 4 is 38.5 Å². The summed E-state index contributed by atoms with van der Waals surface area (Å²) in [6.45, 7) is 1.74. The molecule has 3 aliphatic rings. The second-order valence-corrected chi connectivity index (χ2v) is 6.42. The van der Waals surface area contributed by atoms with Crippen LogP contribution in [0.3, 0.4) is 0 Å². The van der Waals surface area contributed by atoms with Gasteiger partial charge in [-0.15, -0.1) is 0 Å². The third-order valence-electron chi connectivity index (χ3n) is 4.44. The molecule has 0 amide bonds. The van der Waals surface area contributed by atoms with Gasteiger partial charge in [0.1, 0.15) is 5.82 Å². The van der Waals surface area contributed by atoms with Gasteiger partial charge in [-0.3, -0.25) is 4.98 Å². The number of hydrogen-bond acceptors (Lipinski definition) is 3. The van der Waals surface area contributed by atoms with Gasteiger partial charge in [-0.1, -0.05) is 0 Å². The van der Waals surface area contributed by atoms with Gasteiger partial charge < -0.3 is 10.0 Å². The number of fused-ring (bicyclic) bond motifs is 3. The van der Waals surface area contributed by atoms with Gasteiger partial charge in [0.05, 0.1) is 26.9 Å². The van der Waals surface area contributed by atoms with Crippen molar-refractivity contribution in [3.8, 4) is 0 Å². The maximum Gasteiger partial charge on any atom is 0.338 e.